The molecule has 0 saturated heterocycles. The lowest BCUT2D eigenvalue weighted by atomic mass is 10.0. The van der Waals surface area contributed by atoms with Crippen LogP contribution in [0.15, 0.2) is 23.6 Å². The van der Waals surface area contributed by atoms with Crippen LogP contribution < -0.4 is 5.73 Å². The summed E-state index contributed by atoms with van der Waals surface area (Å²) < 4.78 is 0.935. The number of anilines is 1. The third-order valence-electron chi connectivity index (χ3n) is 4.18. The molecule has 0 aliphatic rings. The smallest absolute Gasteiger partial charge is 0.353 e. The monoisotopic (exact) mass is 340 g/mol. The number of nitrogens with zero attached hydrogens (tertiary/aromatic N) is 1. The van der Waals surface area contributed by atoms with E-state index in [0.29, 0.717) is 22.9 Å². The summed E-state index contributed by atoms with van der Waals surface area (Å²) in [7, 11) is 0. The first-order chi connectivity index (χ1) is 11.5. The number of thiophene rings is 1. The van der Waals surface area contributed by atoms with Crippen molar-refractivity contribution in [3.8, 4) is 11.1 Å². The molecule has 3 aromatic heterocycles. The highest BCUT2D eigenvalue weighted by Gasteiger charge is 2.24. The number of aromatic nitrogens is 3. The van der Waals surface area contributed by atoms with Crippen molar-refractivity contribution in [1.29, 1.82) is 0 Å². The second-order valence-electron chi connectivity index (χ2n) is 6.05. The van der Waals surface area contributed by atoms with Crippen LogP contribution in [-0.4, -0.2) is 26.0 Å². The molecule has 1 aromatic carbocycles. The number of imidazole rings is 1. The van der Waals surface area contributed by atoms with Crippen molar-refractivity contribution in [2.75, 3.05) is 5.73 Å². The van der Waals surface area contributed by atoms with Crippen molar-refractivity contribution in [3.05, 3.63) is 34.8 Å². The van der Waals surface area contributed by atoms with Crippen LogP contribution in [0.5, 0.6) is 0 Å². The van der Waals surface area contributed by atoms with Crippen LogP contribution in [0.25, 0.3) is 32.4 Å². The van der Waals surface area contributed by atoms with E-state index in [4.69, 9.17) is 5.73 Å². The molecule has 4 aromatic rings. The van der Waals surface area contributed by atoms with E-state index in [2.05, 4.69) is 34.2 Å². The first-order valence-electron chi connectivity index (χ1n) is 7.58. The molecule has 6 nitrogen and oxygen atoms in total. The predicted molar refractivity (Wildman–Crippen MR) is 96.7 cm³/mol. The molecular weight excluding hydrogens is 324 g/mol. The highest BCUT2D eigenvalue weighted by Crippen LogP contribution is 2.42. The normalized spacial score (nSPS) is 11.8. The molecule has 3 heterocycles. The molecule has 24 heavy (non-hydrogen) atoms. The fourth-order valence-electron chi connectivity index (χ4n) is 3.08. The number of hydrogen-bond donors (Lipinski definition) is 4. The molecule has 0 aliphatic heterocycles. The number of carboxylic acids is 1. The fourth-order valence-corrected chi connectivity index (χ4v) is 4.33. The van der Waals surface area contributed by atoms with Crippen molar-refractivity contribution < 1.29 is 9.90 Å². The van der Waals surface area contributed by atoms with Crippen molar-refractivity contribution in [3.63, 3.8) is 0 Å². The van der Waals surface area contributed by atoms with Gasteiger partial charge in [0.1, 0.15) is 5.69 Å². The van der Waals surface area contributed by atoms with Gasteiger partial charge in [0, 0.05) is 11.1 Å². The molecule has 0 bridgehead atoms. The van der Waals surface area contributed by atoms with Crippen LogP contribution in [-0.2, 0) is 0 Å². The number of carboxylic acid groups (broad SMARTS) is 1. The highest BCUT2D eigenvalue weighted by atomic mass is 32.1. The zero-order chi connectivity index (χ0) is 17.0. The Morgan fingerprint density at radius 1 is 1.33 bits per heavy atom. The molecule has 5 N–H and O–H groups in total. The third kappa shape index (κ3) is 2.01. The van der Waals surface area contributed by atoms with Gasteiger partial charge in [0.15, 0.2) is 5.95 Å². The maximum Gasteiger partial charge on any atom is 0.353 e. The number of hydrogen-bond acceptors (Lipinski definition) is 4. The number of rotatable bonds is 3. The number of aromatic carboxylic acids is 1. The van der Waals surface area contributed by atoms with Gasteiger partial charge in [0.05, 0.1) is 21.3 Å². The molecule has 0 unspecified atom stereocenters. The zero-order valence-electron chi connectivity index (χ0n) is 13.2. The summed E-state index contributed by atoms with van der Waals surface area (Å²) in [5.74, 6) is -0.359. The molecule has 0 spiro atoms. The maximum absolute atomic E-state index is 11.8. The fraction of sp³-hybridized carbons (Fsp3) is 0.176. The van der Waals surface area contributed by atoms with E-state index >= 15 is 0 Å². The van der Waals surface area contributed by atoms with Gasteiger partial charge in [-0.25, -0.2) is 9.78 Å². The molecule has 0 saturated carbocycles. The molecule has 7 heteroatoms. The molecule has 0 radical (unpaired) electrons. The summed E-state index contributed by atoms with van der Waals surface area (Å²) in [4.78, 5) is 22.2. The van der Waals surface area contributed by atoms with Crippen LogP contribution in [0.1, 0.15) is 35.8 Å². The number of nitrogens with two attached hydrogens (primary N) is 1. The lowest BCUT2D eigenvalue weighted by Gasteiger charge is -2.02. The minimum atomic E-state index is -0.983. The van der Waals surface area contributed by atoms with Crippen LogP contribution >= 0.6 is 11.3 Å². The van der Waals surface area contributed by atoms with Gasteiger partial charge in [-0.1, -0.05) is 26.0 Å². The number of carbonyl (C=O) groups is 1. The molecule has 0 atom stereocenters. The topological polar surface area (TPSA) is 108 Å². The number of nitrogens with one attached hydrogen (secondary N) is 2. The molecule has 0 fully saturated rings. The van der Waals surface area contributed by atoms with Crippen LogP contribution in [0.4, 0.5) is 5.95 Å². The Morgan fingerprint density at radius 3 is 2.83 bits per heavy atom. The average Bonchev–Trinajstić information content (AvgIpc) is 3.16. The van der Waals surface area contributed by atoms with Crippen molar-refractivity contribution in [1.82, 2.24) is 15.0 Å². The van der Waals surface area contributed by atoms with Crippen LogP contribution in [0.2, 0.25) is 0 Å². The standard InChI is InChI=1S/C17H16N4O2S/c1-7(2)9-6-24-15-11(14(16(22)23)20-13(9)15)8-4-3-5-10-12(8)21-17(18)19-10/h3-7,20H,1-2H3,(H,22,23)(H3,18,19,21). The Balaban J connectivity index is 2.11. The second kappa shape index (κ2) is 5.10. The Labute approximate surface area is 141 Å². The lowest BCUT2D eigenvalue weighted by molar-refractivity contribution is 0.0692. The quantitative estimate of drug-likeness (QED) is 0.449. The van der Waals surface area contributed by atoms with Gasteiger partial charge in [0.25, 0.3) is 0 Å². The van der Waals surface area contributed by atoms with Crippen molar-refractivity contribution in [2.24, 2.45) is 0 Å². The van der Waals surface area contributed by atoms with Gasteiger partial charge in [-0.05, 0) is 22.9 Å². The van der Waals surface area contributed by atoms with Gasteiger partial charge in [-0.3, -0.25) is 0 Å². The lowest BCUT2D eigenvalue weighted by Crippen LogP contribution is -1.99. The minimum Gasteiger partial charge on any atom is -0.477 e. The van der Waals surface area contributed by atoms with E-state index < -0.39 is 5.97 Å². The number of benzene rings is 1. The number of aromatic amines is 2. The highest BCUT2D eigenvalue weighted by molar-refractivity contribution is 7.18. The van der Waals surface area contributed by atoms with E-state index in [9.17, 15) is 9.90 Å². The minimum absolute atomic E-state index is 0.188. The molecule has 0 amide bonds. The summed E-state index contributed by atoms with van der Waals surface area (Å²) in [5, 5.41) is 11.8. The molecule has 4 rings (SSSR count). The van der Waals surface area contributed by atoms with Crippen molar-refractivity contribution in [2.45, 2.75) is 19.8 Å². The summed E-state index contributed by atoms with van der Waals surface area (Å²) in [6.45, 7) is 4.19. The first-order valence-corrected chi connectivity index (χ1v) is 8.46. The maximum atomic E-state index is 11.8. The van der Waals surface area contributed by atoms with Crippen LogP contribution in [0, 0.1) is 0 Å². The van der Waals surface area contributed by atoms with Gasteiger partial charge in [0.2, 0.25) is 0 Å². The zero-order valence-corrected chi connectivity index (χ0v) is 14.0. The molecule has 122 valence electrons. The van der Waals surface area contributed by atoms with Crippen molar-refractivity contribution >= 4 is 44.5 Å². The molecule has 0 aliphatic carbocycles. The Morgan fingerprint density at radius 2 is 2.12 bits per heavy atom. The Hall–Kier alpha value is -2.80. The SMILES string of the molecule is CC(C)c1csc2c(-c3cccc4[nH]c(N)nc34)c(C(=O)O)[nH]c12. The number of fused-ring (bicyclic) bond motifs is 2. The van der Waals surface area contributed by atoms with Crippen LogP contribution in [0.3, 0.4) is 0 Å². The first kappa shape index (κ1) is 14.8. The van der Waals surface area contributed by atoms with E-state index in [-0.39, 0.29) is 5.69 Å². The Kier molecular flexibility index (Phi) is 3.14. The molecular formula is C17H16N4O2S. The van der Waals surface area contributed by atoms with Gasteiger partial charge >= 0.3 is 5.97 Å². The third-order valence-corrected chi connectivity index (χ3v) is 5.20. The average molecular weight is 340 g/mol. The largest absolute Gasteiger partial charge is 0.477 e. The summed E-state index contributed by atoms with van der Waals surface area (Å²) in [5.41, 5.74) is 10.9. The number of H-pyrrole nitrogens is 2. The second-order valence-corrected chi connectivity index (χ2v) is 6.93. The van der Waals surface area contributed by atoms with E-state index in [1.165, 1.54) is 0 Å². The number of nitrogen functional groups attached to an aromatic ring is 1. The van der Waals surface area contributed by atoms with Gasteiger partial charge < -0.3 is 20.8 Å². The summed E-state index contributed by atoms with van der Waals surface area (Å²) >= 11 is 1.55. The number of para-hydroxylation sites is 1. The predicted octanol–water partition coefficient (Wildman–Crippen LogP) is 4.18. The van der Waals surface area contributed by atoms with Gasteiger partial charge in [-0.15, -0.1) is 11.3 Å². The van der Waals surface area contributed by atoms with Gasteiger partial charge in [-0.2, -0.15) is 0 Å². The van der Waals surface area contributed by atoms with E-state index in [1.807, 2.05) is 18.2 Å². The Bertz CT molecular complexity index is 1090. The van der Waals surface area contributed by atoms with E-state index in [0.717, 1.165) is 26.9 Å². The summed E-state index contributed by atoms with van der Waals surface area (Å²) in [6, 6.07) is 5.63. The van der Waals surface area contributed by atoms with E-state index in [1.54, 1.807) is 11.3 Å². The summed E-state index contributed by atoms with van der Waals surface area (Å²) in [6.07, 6.45) is 0.